The molecule has 352 valence electrons. The molecule has 0 N–H and O–H groups in total. The molecule has 1 heterocycles. The molecule has 12 aromatic carbocycles. The Morgan fingerprint density at radius 2 is 0.684 bits per heavy atom. The third-order valence-electron chi connectivity index (χ3n) is 17.5. The van der Waals surface area contributed by atoms with Crippen LogP contribution in [0, 0.1) is 0 Å². The molecule has 0 fully saturated rings. The van der Waals surface area contributed by atoms with E-state index in [4.69, 9.17) is 0 Å². The Balaban J connectivity index is 0.941. The zero-order chi connectivity index (χ0) is 49.7. The summed E-state index contributed by atoms with van der Waals surface area (Å²) in [4.78, 5) is 2.61. The molecule has 0 bridgehead atoms. The zero-order valence-electron chi connectivity index (χ0n) is 41.3. The van der Waals surface area contributed by atoms with Gasteiger partial charge in [-0.05, 0) is 148 Å². The smallest absolute Gasteiger partial charge is 0.0726 e. The molecule has 2 spiro atoms. The van der Waals surface area contributed by atoms with Crippen LogP contribution < -0.4 is 4.90 Å². The number of benzene rings is 12. The minimum absolute atomic E-state index is 0.475. The third-order valence-corrected chi connectivity index (χ3v) is 18.7. The highest BCUT2D eigenvalue weighted by atomic mass is 32.1. The first-order chi connectivity index (χ1) is 37.7. The van der Waals surface area contributed by atoms with Gasteiger partial charge in [0.25, 0.3) is 0 Å². The number of hydrogen-bond donors (Lipinski definition) is 0. The van der Waals surface area contributed by atoms with E-state index in [2.05, 4.69) is 278 Å². The van der Waals surface area contributed by atoms with Crippen LogP contribution in [-0.4, -0.2) is 0 Å². The molecule has 0 radical (unpaired) electrons. The molecule has 76 heavy (non-hydrogen) atoms. The van der Waals surface area contributed by atoms with Gasteiger partial charge >= 0.3 is 0 Å². The number of thiophene rings is 1. The van der Waals surface area contributed by atoms with Crippen molar-refractivity contribution in [2.75, 3.05) is 4.90 Å². The highest BCUT2D eigenvalue weighted by molar-refractivity contribution is 7.26. The lowest BCUT2D eigenvalue weighted by molar-refractivity contribution is 0.793. The number of anilines is 3. The summed E-state index contributed by atoms with van der Waals surface area (Å²) in [5, 5.41) is 2.57. The SMILES string of the molecule is c1ccc(-c2ccc3c(c2)-c2cc(-c4ccccc4)ccc2C32c3ccccc3-c3cc(N(c4cccc5c4-c4ccccc4C54c5ccccc5-c5ccccc54)c4cccc5c4sc4ccccc45)ccc32)cc1. The van der Waals surface area contributed by atoms with Crippen LogP contribution in [0.1, 0.15) is 44.5 Å². The lowest BCUT2D eigenvalue weighted by Crippen LogP contribution is -2.26. The summed E-state index contributed by atoms with van der Waals surface area (Å²) in [5.74, 6) is 0. The molecule has 1 aromatic heterocycles. The van der Waals surface area contributed by atoms with E-state index in [9.17, 15) is 0 Å². The molecule has 0 atom stereocenters. The van der Waals surface area contributed by atoms with Crippen LogP contribution in [0.15, 0.2) is 273 Å². The first-order valence-corrected chi connectivity index (χ1v) is 27.3. The molecule has 17 rings (SSSR count). The van der Waals surface area contributed by atoms with Gasteiger partial charge in [-0.2, -0.15) is 0 Å². The molecule has 0 aliphatic heterocycles. The molecule has 2 heteroatoms. The average molecular weight is 980 g/mol. The summed E-state index contributed by atoms with van der Waals surface area (Å²) in [6, 6.07) is 103. The predicted octanol–water partition coefficient (Wildman–Crippen LogP) is 19.5. The van der Waals surface area contributed by atoms with E-state index >= 15 is 0 Å². The lowest BCUT2D eigenvalue weighted by atomic mass is 9.70. The van der Waals surface area contributed by atoms with Gasteiger partial charge in [0.1, 0.15) is 0 Å². The predicted molar refractivity (Wildman–Crippen MR) is 317 cm³/mol. The average Bonchev–Trinajstić information content (AvgIpc) is 4.31. The van der Waals surface area contributed by atoms with E-state index in [0.29, 0.717) is 0 Å². The number of rotatable bonds is 5. The second kappa shape index (κ2) is 15.6. The van der Waals surface area contributed by atoms with Gasteiger partial charge in [0, 0.05) is 26.7 Å². The third kappa shape index (κ3) is 5.38. The monoisotopic (exact) mass is 979 g/mol. The summed E-state index contributed by atoms with van der Waals surface area (Å²) in [6.45, 7) is 0. The van der Waals surface area contributed by atoms with Crippen LogP contribution in [0.4, 0.5) is 17.1 Å². The Bertz CT molecular complexity index is 4460. The molecule has 0 amide bonds. The minimum atomic E-state index is -0.529. The second-order valence-corrected chi connectivity index (χ2v) is 22.0. The quantitative estimate of drug-likeness (QED) is 0.166. The molecule has 13 aromatic rings. The minimum Gasteiger partial charge on any atom is -0.308 e. The molecule has 1 nitrogen and oxygen atoms in total. The van der Waals surface area contributed by atoms with Crippen LogP contribution in [0.25, 0.3) is 86.9 Å². The fraction of sp³-hybridized carbons (Fsp3) is 0.0270. The Labute approximate surface area is 445 Å². The van der Waals surface area contributed by atoms with Crippen molar-refractivity contribution in [2.24, 2.45) is 0 Å². The normalized spacial score (nSPS) is 14.0. The molecule has 0 unspecified atom stereocenters. The van der Waals surface area contributed by atoms with Crippen molar-refractivity contribution in [2.45, 2.75) is 10.8 Å². The number of hydrogen-bond acceptors (Lipinski definition) is 2. The lowest BCUT2D eigenvalue weighted by Gasteiger charge is -2.33. The Kier molecular flexibility index (Phi) is 8.63. The highest BCUT2D eigenvalue weighted by Gasteiger charge is 2.54. The summed E-state index contributed by atoms with van der Waals surface area (Å²) in [6.07, 6.45) is 0. The summed E-state index contributed by atoms with van der Waals surface area (Å²) in [7, 11) is 0. The van der Waals surface area contributed by atoms with Crippen LogP contribution in [0.5, 0.6) is 0 Å². The maximum absolute atomic E-state index is 2.61. The molecule has 4 aliphatic rings. The van der Waals surface area contributed by atoms with Crippen molar-refractivity contribution in [1.82, 2.24) is 0 Å². The van der Waals surface area contributed by atoms with Crippen molar-refractivity contribution in [3.05, 3.63) is 317 Å². The van der Waals surface area contributed by atoms with E-state index in [1.165, 1.54) is 143 Å². The van der Waals surface area contributed by atoms with Crippen molar-refractivity contribution in [1.29, 1.82) is 0 Å². The van der Waals surface area contributed by atoms with Gasteiger partial charge in [-0.15, -0.1) is 11.3 Å². The van der Waals surface area contributed by atoms with Gasteiger partial charge in [-0.1, -0.05) is 231 Å². The summed E-state index contributed by atoms with van der Waals surface area (Å²) >= 11 is 1.90. The molecular formula is C74H45NS. The molecular weight excluding hydrogens is 935 g/mol. The number of fused-ring (bicyclic) bond motifs is 23. The number of nitrogens with zero attached hydrogens (tertiary/aromatic N) is 1. The topological polar surface area (TPSA) is 3.24 Å². The van der Waals surface area contributed by atoms with E-state index < -0.39 is 10.8 Å². The maximum Gasteiger partial charge on any atom is 0.0726 e. The first-order valence-electron chi connectivity index (χ1n) is 26.5. The van der Waals surface area contributed by atoms with E-state index in [0.717, 1.165) is 5.69 Å². The van der Waals surface area contributed by atoms with Gasteiger partial charge in [0.15, 0.2) is 0 Å². The van der Waals surface area contributed by atoms with Gasteiger partial charge in [-0.25, -0.2) is 0 Å². The van der Waals surface area contributed by atoms with Crippen LogP contribution in [0.3, 0.4) is 0 Å². The van der Waals surface area contributed by atoms with Crippen molar-refractivity contribution in [3.63, 3.8) is 0 Å². The standard InChI is InChI=1S/C74H45NS/c1-3-19-46(20-4-1)48-37-40-64-57(43-48)58-44-49(47-21-5-2-6-22-47)38-41-65(58)73(64)62-31-14-9-25-53(62)59-45-50(39-42-66(59)73)75(69-35-17-28-55-54-26-11-16-36-70(54)76-72(55)69)68-34-18-33-67-71(68)56-27-10-15-32-63(56)74(67)60-29-12-7-23-51(60)52-24-8-13-30-61(52)74/h1-45H. The second-order valence-electron chi connectivity index (χ2n) is 21.0. The van der Waals surface area contributed by atoms with Gasteiger partial charge in [-0.3, -0.25) is 0 Å². The first kappa shape index (κ1) is 42.1. The maximum atomic E-state index is 2.61. The molecule has 4 aliphatic carbocycles. The van der Waals surface area contributed by atoms with Crippen LogP contribution >= 0.6 is 11.3 Å². The largest absolute Gasteiger partial charge is 0.308 e. The van der Waals surface area contributed by atoms with E-state index in [-0.39, 0.29) is 0 Å². The van der Waals surface area contributed by atoms with Gasteiger partial charge < -0.3 is 4.90 Å². The molecule has 0 saturated carbocycles. The Morgan fingerprint density at radius 3 is 1.30 bits per heavy atom. The van der Waals surface area contributed by atoms with Crippen molar-refractivity contribution in [3.8, 4) is 66.8 Å². The van der Waals surface area contributed by atoms with Gasteiger partial charge in [0.2, 0.25) is 0 Å². The zero-order valence-corrected chi connectivity index (χ0v) is 42.2. The van der Waals surface area contributed by atoms with E-state index in [1.807, 2.05) is 11.3 Å². The molecule has 0 saturated heterocycles. The highest BCUT2D eigenvalue weighted by Crippen LogP contribution is 2.67. The summed E-state index contributed by atoms with van der Waals surface area (Å²) in [5.41, 5.74) is 28.4. The fourth-order valence-corrected chi connectivity index (χ4v) is 15.8. The van der Waals surface area contributed by atoms with Crippen LogP contribution in [-0.2, 0) is 10.8 Å². The Hall–Kier alpha value is -9.34. The Morgan fingerprint density at radius 1 is 0.263 bits per heavy atom. The fourth-order valence-electron chi connectivity index (χ4n) is 14.6. The summed E-state index contributed by atoms with van der Waals surface area (Å²) < 4.78 is 2.57. The van der Waals surface area contributed by atoms with Gasteiger partial charge in [0.05, 0.1) is 26.9 Å². The van der Waals surface area contributed by atoms with Crippen molar-refractivity contribution >= 4 is 48.6 Å². The van der Waals surface area contributed by atoms with Crippen LogP contribution in [0.2, 0.25) is 0 Å². The van der Waals surface area contributed by atoms with Crippen molar-refractivity contribution < 1.29 is 0 Å². The van der Waals surface area contributed by atoms with E-state index in [1.54, 1.807) is 0 Å².